The van der Waals surface area contributed by atoms with E-state index >= 15 is 0 Å². The van der Waals surface area contributed by atoms with Gasteiger partial charge in [-0.15, -0.1) is 0 Å². The molecule has 5 heteroatoms. The van der Waals surface area contributed by atoms with Crippen LogP contribution in [0.4, 0.5) is 5.69 Å². The van der Waals surface area contributed by atoms with Gasteiger partial charge in [-0.2, -0.15) is 0 Å². The first-order valence-corrected chi connectivity index (χ1v) is 7.34. The minimum absolute atomic E-state index is 0.218. The van der Waals surface area contributed by atoms with E-state index in [0.717, 1.165) is 15.8 Å². The first kappa shape index (κ1) is 15.6. The summed E-state index contributed by atoms with van der Waals surface area (Å²) < 4.78 is 5.86. The number of benzene rings is 2. The van der Waals surface area contributed by atoms with Gasteiger partial charge < -0.3 is 10.1 Å². The number of hydrogen-bond donors (Lipinski definition) is 1. The van der Waals surface area contributed by atoms with Crippen LogP contribution in [-0.2, 0) is 4.79 Å². The van der Waals surface area contributed by atoms with Gasteiger partial charge in [-0.3, -0.25) is 4.79 Å². The fourth-order valence-corrected chi connectivity index (χ4v) is 2.07. The van der Waals surface area contributed by atoms with Crippen molar-refractivity contribution in [3.63, 3.8) is 0 Å². The molecule has 0 fully saturated rings. The van der Waals surface area contributed by atoms with Crippen molar-refractivity contribution in [3.05, 3.63) is 63.6 Å². The molecule has 0 aliphatic rings. The lowest BCUT2D eigenvalue weighted by Crippen LogP contribution is -2.07. The molecule has 2 aromatic rings. The number of carbonyl (C=O) groups excluding carboxylic acids is 1. The van der Waals surface area contributed by atoms with Crippen LogP contribution in [-0.4, -0.2) is 13.0 Å². The number of halogens is 2. The Balaban J connectivity index is 1.99. The highest BCUT2D eigenvalue weighted by Crippen LogP contribution is 2.25. The second-order valence-electron chi connectivity index (χ2n) is 4.22. The number of amides is 1. The molecule has 21 heavy (non-hydrogen) atoms. The molecule has 0 bridgehead atoms. The Morgan fingerprint density at radius 3 is 2.57 bits per heavy atom. The third kappa shape index (κ3) is 4.62. The average molecular weight is 367 g/mol. The standard InChI is InChI=1S/C16H13BrClNO2/c1-21-13-6-2-11(3-7-13)4-9-16(20)19-12-5-8-14(17)15(18)10-12/h2-10H,1H3,(H,19,20). The zero-order chi connectivity index (χ0) is 15.2. The number of rotatable bonds is 4. The SMILES string of the molecule is COc1ccc(C=CC(=O)Nc2ccc(Br)c(Cl)c2)cc1. The fourth-order valence-electron chi connectivity index (χ4n) is 1.64. The molecule has 0 atom stereocenters. The molecule has 3 nitrogen and oxygen atoms in total. The molecule has 1 N–H and O–H groups in total. The molecule has 108 valence electrons. The van der Waals surface area contributed by atoms with Gasteiger partial charge in [-0.25, -0.2) is 0 Å². The molecule has 0 radical (unpaired) electrons. The molecule has 0 spiro atoms. The van der Waals surface area contributed by atoms with Gasteiger partial charge >= 0.3 is 0 Å². The van der Waals surface area contributed by atoms with Crippen molar-refractivity contribution in [2.75, 3.05) is 12.4 Å². The Labute approximate surface area is 136 Å². The lowest BCUT2D eigenvalue weighted by molar-refractivity contribution is -0.111. The van der Waals surface area contributed by atoms with Crippen LogP contribution in [0.5, 0.6) is 5.75 Å². The van der Waals surface area contributed by atoms with E-state index in [0.29, 0.717) is 10.7 Å². The summed E-state index contributed by atoms with van der Waals surface area (Å²) in [5.41, 5.74) is 1.56. The maximum Gasteiger partial charge on any atom is 0.248 e. The summed E-state index contributed by atoms with van der Waals surface area (Å²) >= 11 is 9.27. The molecule has 0 saturated carbocycles. The highest BCUT2D eigenvalue weighted by Gasteiger charge is 2.01. The first-order chi connectivity index (χ1) is 10.1. The number of hydrogen-bond acceptors (Lipinski definition) is 2. The van der Waals surface area contributed by atoms with E-state index < -0.39 is 0 Å². The Hall–Kier alpha value is -1.78. The van der Waals surface area contributed by atoms with E-state index in [4.69, 9.17) is 16.3 Å². The summed E-state index contributed by atoms with van der Waals surface area (Å²) in [4.78, 5) is 11.8. The van der Waals surface area contributed by atoms with Crippen molar-refractivity contribution in [2.24, 2.45) is 0 Å². The molecule has 1 amide bonds. The van der Waals surface area contributed by atoms with Gasteiger partial charge in [0.15, 0.2) is 0 Å². The third-order valence-electron chi connectivity index (χ3n) is 2.73. The lowest BCUT2D eigenvalue weighted by Gasteiger charge is -2.04. The predicted molar refractivity (Wildman–Crippen MR) is 89.8 cm³/mol. The van der Waals surface area contributed by atoms with Gasteiger partial charge in [0.2, 0.25) is 5.91 Å². The fraction of sp³-hybridized carbons (Fsp3) is 0.0625. The molecule has 2 aromatic carbocycles. The second-order valence-corrected chi connectivity index (χ2v) is 5.49. The molecule has 0 heterocycles. The molecular formula is C16H13BrClNO2. The minimum atomic E-state index is -0.218. The Kier molecular flexibility index (Phi) is 5.42. The number of anilines is 1. The van der Waals surface area contributed by atoms with Crippen LogP contribution < -0.4 is 10.1 Å². The van der Waals surface area contributed by atoms with Crippen molar-refractivity contribution >= 4 is 45.2 Å². The van der Waals surface area contributed by atoms with E-state index in [1.165, 1.54) is 6.08 Å². The number of nitrogens with one attached hydrogen (secondary N) is 1. The highest BCUT2D eigenvalue weighted by atomic mass is 79.9. The Bertz CT molecular complexity index is 668. The Morgan fingerprint density at radius 1 is 1.24 bits per heavy atom. The van der Waals surface area contributed by atoms with E-state index in [9.17, 15) is 4.79 Å². The number of carbonyl (C=O) groups is 1. The smallest absolute Gasteiger partial charge is 0.248 e. The largest absolute Gasteiger partial charge is 0.497 e. The molecule has 2 rings (SSSR count). The van der Waals surface area contributed by atoms with Crippen molar-refractivity contribution in [3.8, 4) is 5.75 Å². The maximum atomic E-state index is 11.8. The molecule has 0 aromatic heterocycles. The monoisotopic (exact) mass is 365 g/mol. The molecule has 0 unspecified atom stereocenters. The van der Waals surface area contributed by atoms with Gasteiger partial charge in [0.25, 0.3) is 0 Å². The molecule has 0 aliphatic carbocycles. The average Bonchev–Trinajstić information content (AvgIpc) is 2.49. The van der Waals surface area contributed by atoms with E-state index in [-0.39, 0.29) is 5.91 Å². The topological polar surface area (TPSA) is 38.3 Å². The quantitative estimate of drug-likeness (QED) is 0.792. The third-order valence-corrected chi connectivity index (χ3v) is 3.96. The van der Waals surface area contributed by atoms with Crippen LogP contribution in [0.15, 0.2) is 53.0 Å². The van der Waals surface area contributed by atoms with Crippen LogP contribution in [0, 0.1) is 0 Å². The summed E-state index contributed by atoms with van der Waals surface area (Å²) in [7, 11) is 1.61. The van der Waals surface area contributed by atoms with E-state index in [1.807, 2.05) is 24.3 Å². The maximum absolute atomic E-state index is 11.8. The summed E-state index contributed by atoms with van der Waals surface area (Å²) in [6, 6.07) is 12.7. The van der Waals surface area contributed by atoms with Crippen LogP contribution in [0.1, 0.15) is 5.56 Å². The van der Waals surface area contributed by atoms with Gasteiger partial charge in [0.1, 0.15) is 5.75 Å². The highest BCUT2D eigenvalue weighted by molar-refractivity contribution is 9.10. The first-order valence-electron chi connectivity index (χ1n) is 6.16. The van der Waals surface area contributed by atoms with Crippen molar-refractivity contribution in [1.29, 1.82) is 0 Å². The van der Waals surface area contributed by atoms with Gasteiger partial charge in [-0.05, 0) is 57.9 Å². The van der Waals surface area contributed by atoms with Crippen molar-refractivity contribution in [1.82, 2.24) is 0 Å². The summed E-state index contributed by atoms with van der Waals surface area (Å²) in [5, 5.41) is 3.30. The van der Waals surface area contributed by atoms with Crippen LogP contribution >= 0.6 is 27.5 Å². The summed E-state index contributed by atoms with van der Waals surface area (Å²) in [6.45, 7) is 0. The van der Waals surface area contributed by atoms with Crippen LogP contribution in [0.2, 0.25) is 5.02 Å². The summed E-state index contributed by atoms with van der Waals surface area (Å²) in [5.74, 6) is 0.560. The second kappa shape index (κ2) is 7.29. The zero-order valence-corrected chi connectivity index (χ0v) is 13.6. The predicted octanol–water partition coefficient (Wildman–Crippen LogP) is 4.76. The van der Waals surface area contributed by atoms with Gasteiger partial charge in [-0.1, -0.05) is 23.7 Å². The van der Waals surface area contributed by atoms with Crippen molar-refractivity contribution in [2.45, 2.75) is 0 Å². The normalized spacial score (nSPS) is 10.6. The van der Waals surface area contributed by atoms with Gasteiger partial charge in [0.05, 0.1) is 12.1 Å². The molecule has 0 aliphatic heterocycles. The van der Waals surface area contributed by atoms with Crippen LogP contribution in [0.3, 0.4) is 0 Å². The van der Waals surface area contributed by atoms with E-state index in [2.05, 4.69) is 21.2 Å². The summed E-state index contributed by atoms with van der Waals surface area (Å²) in [6.07, 6.45) is 3.20. The molecule has 0 saturated heterocycles. The Morgan fingerprint density at radius 2 is 1.95 bits per heavy atom. The minimum Gasteiger partial charge on any atom is -0.497 e. The number of methoxy groups -OCH3 is 1. The van der Waals surface area contributed by atoms with Gasteiger partial charge in [0, 0.05) is 16.2 Å². The van der Waals surface area contributed by atoms with Crippen molar-refractivity contribution < 1.29 is 9.53 Å². The van der Waals surface area contributed by atoms with Crippen LogP contribution in [0.25, 0.3) is 6.08 Å². The number of ether oxygens (including phenoxy) is 1. The lowest BCUT2D eigenvalue weighted by atomic mass is 10.2. The molecular weight excluding hydrogens is 354 g/mol. The zero-order valence-electron chi connectivity index (χ0n) is 11.3. The van der Waals surface area contributed by atoms with E-state index in [1.54, 1.807) is 31.4 Å².